The molecule has 3 aromatic rings. The molecule has 1 saturated heterocycles. The summed E-state index contributed by atoms with van der Waals surface area (Å²) in [4.78, 5) is 3.25. The lowest BCUT2D eigenvalue weighted by Crippen LogP contribution is -2.49. The summed E-state index contributed by atoms with van der Waals surface area (Å²) in [5, 5.41) is 14.0. The van der Waals surface area contributed by atoms with Crippen molar-refractivity contribution in [2.24, 2.45) is 0 Å². The van der Waals surface area contributed by atoms with Crippen molar-refractivity contribution in [2.45, 2.75) is 31.7 Å². The van der Waals surface area contributed by atoms with Crippen LogP contribution in [0.1, 0.15) is 30.3 Å². The number of aromatic nitrogens is 3. The second kappa shape index (κ2) is 7.39. The first-order chi connectivity index (χ1) is 13.4. The molecule has 0 spiro atoms. The number of aryl methyl sites for hydroxylation is 2. The minimum absolute atomic E-state index is 0.0925. The van der Waals surface area contributed by atoms with Crippen LogP contribution in [0, 0.1) is 13.8 Å². The smallest absolute Gasteiger partial charge is 0.257 e. The van der Waals surface area contributed by atoms with Crippen molar-refractivity contribution < 1.29 is 17.4 Å². The van der Waals surface area contributed by atoms with Crippen molar-refractivity contribution in [1.29, 1.82) is 0 Å². The first-order valence-corrected chi connectivity index (χ1v) is 11.2. The molecule has 1 unspecified atom stereocenters. The van der Waals surface area contributed by atoms with Crippen molar-refractivity contribution in [1.82, 2.24) is 24.6 Å². The summed E-state index contributed by atoms with van der Waals surface area (Å²) in [7, 11) is -3.62. The first-order valence-electron chi connectivity index (χ1n) is 8.92. The molecule has 1 aliphatic heterocycles. The Balaban J connectivity index is 1.44. The number of rotatable bonds is 5. The van der Waals surface area contributed by atoms with Crippen molar-refractivity contribution in [3.05, 3.63) is 34.9 Å². The Labute approximate surface area is 167 Å². The van der Waals surface area contributed by atoms with Gasteiger partial charge in [-0.25, -0.2) is 8.42 Å². The Morgan fingerprint density at radius 3 is 2.54 bits per heavy atom. The van der Waals surface area contributed by atoms with Crippen molar-refractivity contribution in [3.63, 3.8) is 0 Å². The Bertz CT molecular complexity index is 1030. The summed E-state index contributed by atoms with van der Waals surface area (Å²) >= 11 is 1.54. The maximum absolute atomic E-state index is 12.9. The van der Waals surface area contributed by atoms with Crippen molar-refractivity contribution >= 4 is 21.4 Å². The fourth-order valence-electron chi connectivity index (χ4n) is 3.36. The summed E-state index contributed by atoms with van der Waals surface area (Å²) in [5.41, 5.74) is 0.389. The number of nitrogens with zero attached hydrogens (tertiary/aromatic N) is 5. The van der Waals surface area contributed by atoms with Gasteiger partial charge in [0, 0.05) is 26.2 Å². The molecule has 1 aliphatic rings. The maximum atomic E-state index is 12.9. The molecule has 9 nitrogen and oxygen atoms in total. The highest BCUT2D eigenvalue weighted by Gasteiger charge is 2.35. The minimum Gasteiger partial charge on any atom is -0.418 e. The number of thiophene rings is 1. The standard InChI is InChI=1S/C17H21N5O4S2/c1-11-15(13(3)26-20-11)28(23,24)22-8-6-21(7-9-22)12(2)16-18-19-17(25-16)14-5-4-10-27-14/h4-5,10,12H,6-9H2,1-3H3. The lowest BCUT2D eigenvalue weighted by Gasteiger charge is -2.36. The van der Waals surface area contributed by atoms with E-state index in [9.17, 15) is 8.42 Å². The molecule has 0 N–H and O–H groups in total. The average Bonchev–Trinajstić information content (AvgIpc) is 3.42. The van der Waals surface area contributed by atoms with E-state index in [0.29, 0.717) is 49.4 Å². The van der Waals surface area contributed by atoms with Gasteiger partial charge in [-0.3, -0.25) is 4.90 Å². The summed E-state index contributed by atoms with van der Waals surface area (Å²) in [6.45, 7) is 7.14. The molecule has 4 heterocycles. The van der Waals surface area contributed by atoms with Crippen molar-refractivity contribution in [2.75, 3.05) is 26.2 Å². The molecule has 0 aliphatic carbocycles. The molecule has 1 atom stereocenters. The second-order valence-electron chi connectivity index (χ2n) is 6.69. The summed E-state index contributed by atoms with van der Waals surface area (Å²) in [5.74, 6) is 1.36. The Kier molecular flexibility index (Phi) is 5.08. The van der Waals surface area contributed by atoms with E-state index in [4.69, 9.17) is 8.94 Å². The highest BCUT2D eigenvalue weighted by Crippen LogP contribution is 2.29. The molecule has 0 bridgehead atoms. The van der Waals surface area contributed by atoms with Crippen LogP contribution in [0.5, 0.6) is 0 Å². The van der Waals surface area contributed by atoms with Crippen LogP contribution in [-0.2, 0) is 10.0 Å². The fourth-order valence-corrected chi connectivity index (χ4v) is 5.72. The fraction of sp³-hybridized carbons (Fsp3) is 0.471. The van der Waals surface area contributed by atoms with E-state index in [2.05, 4.69) is 20.3 Å². The van der Waals surface area contributed by atoms with Crippen LogP contribution in [0.3, 0.4) is 0 Å². The minimum atomic E-state index is -3.62. The summed E-state index contributed by atoms with van der Waals surface area (Å²) < 4.78 is 38.2. The van der Waals surface area contributed by atoms with Crippen LogP contribution < -0.4 is 0 Å². The van der Waals surface area contributed by atoms with Crippen LogP contribution in [-0.4, -0.2) is 59.2 Å². The zero-order valence-corrected chi connectivity index (χ0v) is 17.5. The Morgan fingerprint density at radius 2 is 1.93 bits per heavy atom. The van der Waals surface area contributed by atoms with E-state index in [1.54, 1.807) is 25.2 Å². The van der Waals surface area contributed by atoms with E-state index in [0.717, 1.165) is 4.88 Å². The quantitative estimate of drug-likeness (QED) is 0.616. The van der Waals surface area contributed by atoms with Gasteiger partial charge in [-0.1, -0.05) is 11.2 Å². The molecule has 150 valence electrons. The number of hydrogen-bond acceptors (Lipinski definition) is 9. The topological polar surface area (TPSA) is 106 Å². The number of hydrogen-bond donors (Lipinski definition) is 0. The van der Waals surface area contributed by atoms with Gasteiger partial charge in [0.2, 0.25) is 15.9 Å². The summed E-state index contributed by atoms with van der Waals surface area (Å²) in [6.07, 6.45) is 0. The lowest BCUT2D eigenvalue weighted by atomic mass is 10.2. The highest BCUT2D eigenvalue weighted by atomic mass is 32.2. The Morgan fingerprint density at radius 1 is 1.18 bits per heavy atom. The molecule has 1 fully saturated rings. The molecule has 0 radical (unpaired) electrons. The van der Waals surface area contributed by atoms with E-state index >= 15 is 0 Å². The molecule has 0 aromatic carbocycles. The predicted molar refractivity (Wildman–Crippen MR) is 102 cm³/mol. The Hall–Kier alpha value is -2.08. The average molecular weight is 424 g/mol. The molecule has 0 saturated carbocycles. The maximum Gasteiger partial charge on any atom is 0.257 e. The van der Waals surface area contributed by atoms with Gasteiger partial charge in [-0.2, -0.15) is 4.31 Å². The van der Waals surface area contributed by atoms with Crippen LogP contribution in [0.4, 0.5) is 0 Å². The first kappa shape index (κ1) is 19.2. The van der Waals surface area contributed by atoms with Gasteiger partial charge in [0.1, 0.15) is 10.6 Å². The molecule has 28 heavy (non-hydrogen) atoms. The van der Waals surface area contributed by atoms with E-state index in [-0.39, 0.29) is 10.9 Å². The lowest BCUT2D eigenvalue weighted by molar-refractivity contribution is 0.129. The van der Waals surface area contributed by atoms with Crippen LogP contribution in [0.2, 0.25) is 0 Å². The van der Waals surface area contributed by atoms with Gasteiger partial charge in [-0.05, 0) is 32.2 Å². The number of piperazine rings is 1. The third kappa shape index (κ3) is 3.39. The molecule has 4 rings (SSSR count). The van der Waals surface area contributed by atoms with E-state index in [1.807, 2.05) is 24.4 Å². The zero-order chi connectivity index (χ0) is 19.9. The van der Waals surface area contributed by atoms with Crippen LogP contribution in [0.15, 0.2) is 31.3 Å². The van der Waals surface area contributed by atoms with Gasteiger partial charge < -0.3 is 8.94 Å². The van der Waals surface area contributed by atoms with Gasteiger partial charge in [0.25, 0.3) is 5.89 Å². The molecular formula is C17H21N5O4S2. The summed E-state index contributed by atoms with van der Waals surface area (Å²) in [6, 6.07) is 3.78. The van der Waals surface area contributed by atoms with Gasteiger partial charge >= 0.3 is 0 Å². The molecule has 0 amide bonds. The largest absolute Gasteiger partial charge is 0.418 e. The zero-order valence-electron chi connectivity index (χ0n) is 15.8. The normalized spacial score (nSPS) is 17.8. The third-order valence-corrected chi connectivity index (χ3v) is 7.92. The van der Waals surface area contributed by atoms with E-state index in [1.165, 1.54) is 4.31 Å². The molecular weight excluding hydrogens is 402 g/mol. The SMILES string of the molecule is Cc1noc(C)c1S(=O)(=O)N1CCN(C(C)c2nnc(-c3cccs3)o2)CC1. The predicted octanol–water partition coefficient (Wildman–Crippen LogP) is 2.47. The van der Waals surface area contributed by atoms with Gasteiger partial charge in [0.15, 0.2) is 5.76 Å². The molecule has 11 heteroatoms. The van der Waals surface area contributed by atoms with Crippen molar-refractivity contribution in [3.8, 4) is 10.8 Å². The highest BCUT2D eigenvalue weighted by molar-refractivity contribution is 7.89. The number of sulfonamides is 1. The van der Waals surface area contributed by atoms with Gasteiger partial charge in [0.05, 0.1) is 10.9 Å². The van der Waals surface area contributed by atoms with E-state index < -0.39 is 10.0 Å². The van der Waals surface area contributed by atoms with Gasteiger partial charge in [-0.15, -0.1) is 21.5 Å². The monoisotopic (exact) mass is 423 g/mol. The van der Waals surface area contributed by atoms with Crippen LogP contribution >= 0.6 is 11.3 Å². The van der Waals surface area contributed by atoms with Crippen LogP contribution in [0.25, 0.3) is 10.8 Å². The second-order valence-corrected chi connectivity index (χ2v) is 9.51. The molecule has 3 aromatic heterocycles. The third-order valence-electron chi connectivity index (χ3n) is 4.92.